The Morgan fingerprint density at radius 3 is 3.33 bits per heavy atom. The third-order valence-electron chi connectivity index (χ3n) is 3.30. The Morgan fingerprint density at radius 1 is 1.72 bits per heavy atom. The van der Waals surface area contributed by atoms with Crippen molar-refractivity contribution in [1.82, 2.24) is 20.6 Å². The van der Waals surface area contributed by atoms with Crippen molar-refractivity contribution in [3.8, 4) is 0 Å². The van der Waals surface area contributed by atoms with E-state index in [9.17, 15) is 4.79 Å². The zero-order valence-corrected chi connectivity index (χ0v) is 11.6. The lowest BCUT2D eigenvalue weighted by Crippen LogP contribution is -2.48. The van der Waals surface area contributed by atoms with Crippen molar-refractivity contribution in [1.29, 1.82) is 0 Å². The highest BCUT2D eigenvalue weighted by Crippen LogP contribution is 2.12. The van der Waals surface area contributed by atoms with Gasteiger partial charge in [0.25, 0.3) is 0 Å². The second-order valence-electron chi connectivity index (χ2n) is 4.59. The summed E-state index contributed by atoms with van der Waals surface area (Å²) in [5.74, 6) is 0.0805. The predicted octanol–water partition coefficient (Wildman–Crippen LogP) is 0.682. The van der Waals surface area contributed by atoms with E-state index < -0.39 is 0 Å². The molecule has 1 aliphatic rings. The third kappa shape index (κ3) is 3.26. The van der Waals surface area contributed by atoms with Crippen molar-refractivity contribution in [3.05, 3.63) is 17.7 Å². The smallest absolute Gasteiger partial charge is 0.237 e. The van der Waals surface area contributed by atoms with Crippen LogP contribution in [0.2, 0.25) is 0 Å². The van der Waals surface area contributed by atoms with Crippen molar-refractivity contribution >= 4 is 17.7 Å². The molecule has 6 heteroatoms. The number of nitrogens with zero attached hydrogens (tertiary/aromatic N) is 1. The van der Waals surface area contributed by atoms with E-state index in [1.165, 1.54) is 0 Å². The van der Waals surface area contributed by atoms with Gasteiger partial charge in [0, 0.05) is 24.8 Å². The first-order valence-corrected chi connectivity index (χ1v) is 7.54. The molecular weight excluding hydrogens is 248 g/mol. The number of carbonyl (C=O) groups excluding carboxylic acids is 1. The first-order valence-electron chi connectivity index (χ1n) is 6.25. The summed E-state index contributed by atoms with van der Waals surface area (Å²) >= 11 is 1.82. The molecule has 1 aliphatic heterocycles. The van der Waals surface area contributed by atoms with Crippen molar-refractivity contribution in [3.63, 3.8) is 0 Å². The number of thioether (sulfide) groups is 1. The second-order valence-corrected chi connectivity index (χ2v) is 5.87. The predicted molar refractivity (Wildman–Crippen MR) is 73.5 cm³/mol. The SMILES string of the molecule is CSC(C)CCNC(=O)C1Cc2nc[nH]c2CN1. The van der Waals surface area contributed by atoms with E-state index in [2.05, 4.69) is 33.8 Å². The lowest BCUT2D eigenvalue weighted by molar-refractivity contribution is -0.123. The van der Waals surface area contributed by atoms with Gasteiger partial charge >= 0.3 is 0 Å². The summed E-state index contributed by atoms with van der Waals surface area (Å²) in [7, 11) is 0. The topological polar surface area (TPSA) is 69.8 Å². The molecule has 0 saturated carbocycles. The standard InChI is InChI=1S/C12H20N4OS/c1-8(18-2)3-4-13-12(17)10-5-9-11(6-14-10)16-7-15-9/h7-8,10,14H,3-6H2,1-2H3,(H,13,17)(H,15,16). The molecule has 0 bridgehead atoms. The molecule has 3 N–H and O–H groups in total. The van der Waals surface area contributed by atoms with Crippen molar-refractivity contribution < 1.29 is 4.79 Å². The van der Waals surface area contributed by atoms with E-state index in [1.807, 2.05) is 11.8 Å². The maximum Gasteiger partial charge on any atom is 0.237 e. The number of aromatic amines is 1. The molecule has 0 aromatic carbocycles. The number of H-pyrrole nitrogens is 1. The highest BCUT2D eigenvalue weighted by molar-refractivity contribution is 7.99. The zero-order chi connectivity index (χ0) is 13.0. The van der Waals surface area contributed by atoms with Crippen LogP contribution >= 0.6 is 11.8 Å². The van der Waals surface area contributed by atoms with Crippen LogP contribution in [0.15, 0.2) is 6.33 Å². The number of amides is 1. The summed E-state index contributed by atoms with van der Waals surface area (Å²) in [6.07, 6.45) is 5.46. The minimum atomic E-state index is -0.148. The molecule has 0 fully saturated rings. The fraction of sp³-hybridized carbons (Fsp3) is 0.667. The van der Waals surface area contributed by atoms with Gasteiger partial charge in [-0.1, -0.05) is 6.92 Å². The van der Waals surface area contributed by atoms with E-state index in [-0.39, 0.29) is 11.9 Å². The van der Waals surface area contributed by atoms with Gasteiger partial charge in [-0.3, -0.25) is 10.1 Å². The zero-order valence-electron chi connectivity index (χ0n) is 10.8. The third-order valence-corrected chi connectivity index (χ3v) is 4.34. The molecule has 2 heterocycles. The largest absolute Gasteiger partial charge is 0.355 e. The fourth-order valence-corrected chi connectivity index (χ4v) is 2.35. The maximum atomic E-state index is 12.0. The van der Waals surface area contributed by atoms with Crippen LogP contribution in [0.4, 0.5) is 0 Å². The van der Waals surface area contributed by atoms with Gasteiger partial charge in [-0.15, -0.1) is 0 Å². The van der Waals surface area contributed by atoms with E-state index in [0.29, 0.717) is 18.2 Å². The Kier molecular flexibility index (Phi) is 4.66. The number of nitrogens with one attached hydrogen (secondary N) is 3. The van der Waals surface area contributed by atoms with E-state index in [1.54, 1.807) is 6.33 Å². The van der Waals surface area contributed by atoms with Gasteiger partial charge in [0.05, 0.1) is 23.8 Å². The van der Waals surface area contributed by atoms with Crippen LogP contribution in [0.1, 0.15) is 24.7 Å². The fourth-order valence-electron chi connectivity index (χ4n) is 1.99. The van der Waals surface area contributed by atoms with Gasteiger partial charge in [-0.05, 0) is 12.7 Å². The summed E-state index contributed by atoms with van der Waals surface area (Å²) < 4.78 is 0. The molecule has 1 amide bonds. The van der Waals surface area contributed by atoms with Crippen LogP contribution in [0, 0.1) is 0 Å². The maximum absolute atomic E-state index is 12.0. The number of aromatic nitrogens is 2. The Balaban J connectivity index is 1.77. The molecule has 2 atom stereocenters. The van der Waals surface area contributed by atoms with Gasteiger partial charge in [0.1, 0.15) is 0 Å². The van der Waals surface area contributed by atoms with Crippen molar-refractivity contribution in [2.24, 2.45) is 0 Å². The minimum absolute atomic E-state index is 0.0805. The number of carbonyl (C=O) groups is 1. The van der Waals surface area contributed by atoms with E-state index in [4.69, 9.17) is 0 Å². The average Bonchev–Trinajstić information content (AvgIpc) is 2.85. The number of fused-ring (bicyclic) bond motifs is 1. The Bertz CT molecular complexity index is 407. The summed E-state index contributed by atoms with van der Waals surface area (Å²) in [4.78, 5) is 19.3. The van der Waals surface area contributed by atoms with Crippen LogP contribution in [0.3, 0.4) is 0 Å². The summed E-state index contributed by atoms with van der Waals surface area (Å²) in [5, 5.41) is 6.80. The number of hydrogen-bond acceptors (Lipinski definition) is 4. The van der Waals surface area contributed by atoms with E-state index >= 15 is 0 Å². The summed E-state index contributed by atoms with van der Waals surface area (Å²) in [6.45, 7) is 3.60. The van der Waals surface area contributed by atoms with Gasteiger partial charge in [0.15, 0.2) is 0 Å². The Morgan fingerprint density at radius 2 is 2.56 bits per heavy atom. The number of imidazole rings is 1. The molecule has 5 nitrogen and oxygen atoms in total. The lowest BCUT2D eigenvalue weighted by atomic mass is 10.0. The van der Waals surface area contributed by atoms with Crippen LogP contribution in [-0.2, 0) is 17.8 Å². The van der Waals surface area contributed by atoms with Crippen LogP contribution < -0.4 is 10.6 Å². The quantitative estimate of drug-likeness (QED) is 0.734. The van der Waals surface area contributed by atoms with Gasteiger partial charge in [0.2, 0.25) is 5.91 Å². The van der Waals surface area contributed by atoms with Gasteiger partial charge in [-0.25, -0.2) is 4.98 Å². The lowest BCUT2D eigenvalue weighted by Gasteiger charge is -2.22. The molecule has 2 unspecified atom stereocenters. The average molecular weight is 268 g/mol. The molecule has 0 spiro atoms. The summed E-state index contributed by atoms with van der Waals surface area (Å²) in [6, 6.07) is -0.148. The first kappa shape index (κ1) is 13.4. The number of rotatable bonds is 5. The monoisotopic (exact) mass is 268 g/mol. The van der Waals surface area contributed by atoms with Crippen LogP contribution in [-0.4, -0.2) is 40.0 Å². The molecule has 0 saturated heterocycles. The Hall–Kier alpha value is -1.01. The first-order chi connectivity index (χ1) is 8.70. The normalized spacial score (nSPS) is 20.2. The van der Waals surface area contributed by atoms with Crippen LogP contribution in [0.5, 0.6) is 0 Å². The van der Waals surface area contributed by atoms with Gasteiger partial charge in [-0.2, -0.15) is 11.8 Å². The highest BCUT2D eigenvalue weighted by atomic mass is 32.2. The summed E-state index contributed by atoms with van der Waals surface area (Å²) in [5.41, 5.74) is 2.10. The van der Waals surface area contributed by atoms with Gasteiger partial charge < -0.3 is 10.3 Å². The van der Waals surface area contributed by atoms with E-state index in [0.717, 1.165) is 24.4 Å². The molecule has 2 rings (SSSR count). The van der Waals surface area contributed by atoms with Crippen LogP contribution in [0.25, 0.3) is 0 Å². The molecule has 0 radical (unpaired) electrons. The molecular formula is C12H20N4OS. The Labute approximate surface area is 112 Å². The highest BCUT2D eigenvalue weighted by Gasteiger charge is 2.25. The van der Waals surface area contributed by atoms with Crippen molar-refractivity contribution in [2.45, 2.75) is 37.6 Å². The van der Waals surface area contributed by atoms with Crippen molar-refractivity contribution in [2.75, 3.05) is 12.8 Å². The molecule has 1 aromatic rings. The minimum Gasteiger partial charge on any atom is -0.355 e. The molecule has 1 aromatic heterocycles. The number of hydrogen-bond donors (Lipinski definition) is 3. The molecule has 100 valence electrons. The molecule has 0 aliphatic carbocycles. The second kappa shape index (κ2) is 6.24. The molecule has 18 heavy (non-hydrogen) atoms.